The molecular formula is C8H16F2N2O. The monoisotopic (exact) mass is 194 g/mol. The zero-order valence-electron chi connectivity index (χ0n) is 7.75. The maximum absolute atomic E-state index is 11.9. The van der Waals surface area contributed by atoms with Gasteiger partial charge in [-0.2, -0.15) is 8.78 Å². The first-order valence-electron chi connectivity index (χ1n) is 4.55. The van der Waals surface area contributed by atoms with E-state index in [9.17, 15) is 8.78 Å². The lowest BCUT2D eigenvalue weighted by molar-refractivity contribution is -0.177. The van der Waals surface area contributed by atoms with E-state index in [-0.39, 0.29) is 6.04 Å². The van der Waals surface area contributed by atoms with Crippen molar-refractivity contribution in [3.8, 4) is 0 Å². The lowest BCUT2D eigenvalue weighted by Gasteiger charge is -2.35. The van der Waals surface area contributed by atoms with Crippen LogP contribution >= 0.6 is 0 Å². The SMILES string of the molecule is CCN1CC[C@@H](OC(F)F)[C@@H](N)C1. The van der Waals surface area contributed by atoms with E-state index in [1.54, 1.807) is 0 Å². The molecule has 5 heteroatoms. The number of nitrogens with zero attached hydrogens (tertiary/aromatic N) is 1. The molecule has 0 unspecified atom stereocenters. The van der Waals surface area contributed by atoms with Gasteiger partial charge < -0.3 is 15.4 Å². The largest absolute Gasteiger partial charge is 0.345 e. The third-order valence-corrected chi connectivity index (χ3v) is 2.40. The molecule has 0 aromatic carbocycles. The van der Waals surface area contributed by atoms with Gasteiger partial charge in [-0.3, -0.25) is 0 Å². The molecule has 0 radical (unpaired) electrons. The van der Waals surface area contributed by atoms with E-state index in [0.717, 1.165) is 13.1 Å². The molecular weight excluding hydrogens is 178 g/mol. The van der Waals surface area contributed by atoms with Crippen LogP contribution in [0.4, 0.5) is 8.78 Å². The quantitative estimate of drug-likeness (QED) is 0.716. The Morgan fingerprint density at radius 3 is 2.77 bits per heavy atom. The minimum absolute atomic E-state index is 0.289. The Bertz CT molecular complexity index is 157. The Balaban J connectivity index is 2.35. The van der Waals surface area contributed by atoms with Crippen molar-refractivity contribution in [2.75, 3.05) is 19.6 Å². The van der Waals surface area contributed by atoms with E-state index >= 15 is 0 Å². The Labute approximate surface area is 76.8 Å². The molecule has 2 atom stereocenters. The summed E-state index contributed by atoms with van der Waals surface area (Å²) in [5.74, 6) is 0. The molecule has 0 bridgehead atoms. The Hall–Kier alpha value is -0.260. The third-order valence-electron chi connectivity index (χ3n) is 2.40. The van der Waals surface area contributed by atoms with E-state index in [0.29, 0.717) is 13.0 Å². The molecule has 1 rings (SSSR count). The Morgan fingerprint density at radius 1 is 1.62 bits per heavy atom. The molecule has 0 amide bonds. The number of rotatable bonds is 3. The van der Waals surface area contributed by atoms with E-state index in [4.69, 9.17) is 5.73 Å². The van der Waals surface area contributed by atoms with Gasteiger partial charge in [-0.05, 0) is 13.0 Å². The normalized spacial score (nSPS) is 31.2. The van der Waals surface area contributed by atoms with Crippen molar-refractivity contribution in [1.82, 2.24) is 4.90 Å². The standard InChI is InChI=1S/C8H16F2N2O/c1-2-12-4-3-7(6(11)5-12)13-8(9)10/h6-8H,2-5,11H2,1H3/t6-,7+/m0/s1. The summed E-state index contributed by atoms with van der Waals surface area (Å²) >= 11 is 0. The molecule has 78 valence electrons. The van der Waals surface area contributed by atoms with Gasteiger partial charge in [0.25, 0.3) is 0 Å². The number of halogens is 2. The number of likely N-dealkylation sites (N-methyl/N-ethyl adjacent to an activating group) is 1. The number of hydrogen-bond acceptors (Lipinski definition) is 3. The van der Waals surface area contributed by atoms with Crippen LogP contribution in [0.5, 0.6) is 0 Å². The second kappa shape index (κ2) is 4.83. The second-order valence-electron chi connectivity index (χ2n) is 3.28. The molecule has 1 aliphatic heterocycles. The maximum Gasteiger partial charge on any atom is 0.345 e. The van der Waals surface area contributed by atoms with Gasteiger partial charge in [-0.1, -0.05) is 6.92 Å². The fraction of sp³-hybridized carbons (Fsp3) is 1.00. The number of likely N-dealkylation sites (tertiary alicyclic amines) is 1. The first-order chi connectivity index (χ1) is 6.13. The topological polar surface area (TPSA) is 38.5 Å². The lowest BCUT2D eigenvalue weighted by Crippen LogP contribution is -2.52. The first-order valence-corrected chi connectivity index (χ1v) is 4.55. The van der Waals surface area contributed by atoms with Gasteiger partial charge >= 0.3 is 6.61 Å². The summed E-state index contributed by atoms with van der Waals surface area (Å²) in [6.45, 7) is 1.68. The highest BCUT2D eigenvalue weighted by Gasteiger charge is 2.28. The Morgan fingerprint density at radius 2 is 2.31 bits per heavy atom. The van der Waals surface area contributed by atoms with Crippen molar-refractivity contribution in [2.24, 2.45) is 5.73 Å². The van der Waals surface area contributed by atoms with Gasteiger partial charge in [0.15, 0.2) is 0 Å². The fourth-order valence-electron chi connectivity index (χ4n) is 1.62. The highest BCUT2D eigenvalue weighted by molar-refractivity contribution is 4.83. The van der Waals surface area contributed by atoms with Crippen molar-refractivity contribution in [1.29, 1.82) is 0 Å². The average Bonchev–Trinajstić information content (AvgIpc) is 2.08. The van der Waals surface area contributed by atoms with Gasteiger partial charge in [-0.15, -0.1) is 0 Å². The molecule has 1 fully saturated rings. The van der Waals surface area contributed by atoms with Crippen LogP contribution in [-0.4, -0.2) is 43.3 Å². The summed E-state index contributed by atoms with van der Waals surface area (Å²) in [5.41, 5.74) is 5.69. The van der Waals surface area contributed by atoms with Crippen molar-refractivity contribution in [3.05, 3.63) is 0 Å². The summed E-state index contributed by atoms with van der Waals surface area (Å²) < 4.78 is 28.2. The summed E-state index contributed by atoms with van der Waals surface area (Å²) in [4.78, 5) is 2.13. The van der Waals surface area contributed by atoms with Gasteiger partial charge in [0.05, 0.1) is 6.10 Å². The summed E-state index contributed by atoms with van der Waals surface area (Å²) in [6.07, 6.45) is 0.113. The van der Waals surface area contributed by atoms with Crippen LogP contribution in [0.2, 0.25) is 0 Å². The number of hydrogen-bond donors (Lipinski definition) is 1. The zero-order valence-corrected chi connectivity index (χ0v) is 7.75. The second-order valence-corrected chi connectivity index (χ2v) is 3.28. The molecule has 0 aliphatic carbocycles. The molecule has 0 aromatic heterocycles. The van der Waals surface area contributed by atoms with Crippen molar-refractivity contribution in [2.45, 2.75) is 32.1 Å². The van der Waals surface area contributed by atoms with Crippen LogP contribution in [-0.2, 0) is 4.74 Å². The molecule has 1 aliphatic rings. The van der Waals surface area contributed by atoms with Crippen LogP contribution in [0.1, 0.15) is 13.3 Å². The van der Waals surface area contributed by atoms with Crippen LogP contribution < -0.4 is 5.73 Å². The van der Waals surface area contributed by atoms with Gasteiger partial charge in [0, 0.05) is 19.1 Å². The van der Waals surface area contributed by atoms with Gasteiger partial charge in [0.1, 0.15) is 0 Å². The van der Waals surface area contributed by atoms with Gasteiger partial charge in [0.2, 0.25) is 0 Å². The van der Waals surface area contributed by atoms with Crippen LogP contribution in [0.3, 0.4) is 0 Å². The van der Waals surface area contributed by atoms with E-state index in [1.807, 2.05) is 6.92 Å². The summed E-state index contributed by atoms with van der Waals surface area (Å²) in [5, 5.41) is 0. The minimum Gasteiger partial charge on any atom is -0.324 e. The molecule has 2 N–H and O–H groups in total. The van der Waals surface area contributed by atoms with Crippen LogP contribution in [0, 0.1) is 0 Å². The highest BCUT2D eigenvalue weighted by Crippen LogP contribution is 2.15. The smallest absolute Gasteiger partial charge is 0.324 e. The first kappa shape index (κ1) is 10.8. The molecule has 0 spiro atoms. The maximum atomic E-state index is 11.9. The van der Waals surface area contributed by atoms with Crippen molar-refractivity contribution >= 4 is 0 Å². The number of nitrogens with two attached hydrogens (primary N) is 1. The molecule has 3 nitrogen and oxygen atoms in total. The summed E-state index contributed by atoms with van der Waals surface area (Å²) in [6, 6.07) is -0.289. The van der Waals surface area contributed by atoms with E-state index < -0.39 is 12.7 Å². The van der Waals surface area contributed by atoms with Crippen LogP contribution in [0.15, 0.2) is 0 Å². The zero-order chi connectivity index (χ0) is 9.84. The Kier molecular flexibility index (Phi) is 4.02. The highest BCUT2D eigenvalue weighted by atomic mass is 19.3. The number of ether oxygens (including phenoxy) is 1. The predicted octanol–water partition coefficient (Wildman–Crippen LogP) is 0.647. The van der Waals surface area contributed by atoms with Crippen molar-refractivity contribution < 1.29 is 13.5 Å². The fourth-order valence-corrected chi connectivity index (χ4v) is 1.62. The summed E-state index contributed by atoms with van der Waals surface area (Å²) in [7, 11) is 0. The number of alkyl halides is 2. The van der Waals surface area contributed by atoms with E-state index in [2.05, 4.69) is 9.64 Å². The molecule has 0 aromatic rings. The third kappa shape index (κ3) is 3.17. The molecule has 1 heterocycles. The predicted molar refractivity (Wildman–Crippen MR) is 45.6 cm³/mol. The average molecular weight is 194 g/mol. The van der Waals surface area contributed by atoms with Crippen LogP contribution in [0.25, 0.3) is 0 Å². The molecule has 1 saturated heterocycles. The molecule has 13 heavy (non-hydrogen) atoms. The van der Waals surface area contributed by atoms with Crippen molar-refractivity contribution in [3.63, 3.8) is 0 Å². The van der Waals surface area contributed by atoms with Gasteiger partial charge in [-0.25, -0.2) is 0 Å². The minimum atomic E-state index is -2.70. The number of piperidine rings is 1. The molecule has 0 saturated carbocycles. The lowest BCUT2D eigenvalue weighted by atomic mass is 10.0. The van der Waals surface area contributed by atoms with E-state index in [1.165, 1.54) is 0 Å².